The first-order chi connectivity index (χ1) is 16.8. The number of fused-ring (bicyclic) bond motifs is 2. The molecule has 5 aromatic carbocycles. The molecule has 5 rings (SSSR count). The zero-order valence-corrected chi connectivity index (χ0v) is 20.5. The summed E-state index contributed by atoms with van der Waals surface area (Å²) in [5.41, 5.74) is 7.63. The first-order valence-electron chi connectivity index (χ1n) is 12.2. The molecule has 0 bridgehead atoms. The van der Waals surface area contributed by atoms with Gasteiger partial charge in [0.05, 0.1) is 0 Å². The lowest BCUT2D eigenvalue weighted by Gasteiger charge is -2.19. The molecule has 0 aliphatic rings. The molecule has 0 saturated carbocycles. The largest absolute Gasteiger partial charge is 0.0871 e. The highest BCUT2D eigenvalue weighted by molar-refractivity contribution is 6.22. The van der Waals surface area contributed by atoms with Crippen molar-refractivity contribution in [3.63, 3.8) is 0 Å². The van der Waals surface area contributed by atoms with Gasteiger partial charge < -0.3 is 0 Å². The molecule has 0 fully saturated rings. The summed E-state index contributed by atoms with van der Waals surface area (Å²) in [4.78, 5) is 0. The summed E-state index contributed by atoms with van der Waals surface area (Å²) in [5.74, 6) is 0. The monoisotopic (exact) mass is 440 g/mol. The molecule has 0 saturated heterocycles. The minimum atomic E-state index is 1.24. The summed E-state index contributed by atoms with van der Waals surface area (Å²) < 4.78 is 0. The average molecular weight is 441 g/mol. The maximum Gasteiger partial charge on any atom is -0.00201 e. The molecular formula is C34H32. The van der Waals surface area contributed by atoms with Crippen LogP contribution in [0.3, 0.4) is 0 Å². The van der Waals surface area contributed by atoms with E-state index >= 15 is 0 Å². The third-order valence-corrected chi connectivity index (χ3v) is 6.16. The molecule has 0 amide bonds. The van der Waals surface area contributed by atoms with Crippen molar-refractivity contribution >= 4 is 27.1 Å². The van der Waals surface area contributed by atoms with Gasteiger partial charge in [-0.3, -0.25) is 0 Å². The Morgan fingerprint density at radius 3 is 1.53 bits per heavy atom. The Morgan fingerprint density at radius 1 is 0.529 bits per heavy atom. The quantitative estimate of drug-likeness (QED) is 0.192. The zero-order valence-electron chi connectivity index (χ0n) is 20.5. The Hall–Kier alpha value is -3.90. The Bertz CT molecular complexity index is 1410. The van der Waals surface area contributed by atoms with Crippen molar-refractivity contribution in [3.8, 4) is 22.3 Å². The summed E-state index contributed by atoms with van der Waals surface area (Å²) in [6.45, 7) is 8.19. The first kappa shape index (κ1) is 23.3. The molecule has 0 atom stereocenters. The van der Waals surface area contributed by atoms with Crippen LogP contribution in [0.5, 0.6) is 0 Å². The predicted octanol–water partition coefficient (Wildman–Crippen LogP) is 10.3. The zero-order chi connectivity index (χ0) is 23.9. The molecule has 34 heavy (non-hydrogen) atoms. The van der Waals surface area contributed by atoms with Gasteiger partial charge in [-0.05, 0) is 68.8 Å². The molecule has 0 aliphatic heterocycles. The van der Waals surface area contributed by atoms with Gasteiger partial charge >= 0.3 is 0 Å². The fraction of sp³-hybridized carbons (Fsp3) is 0.118. The molecule has 0 radical (unpaired) electrons. The van der Waals surface area contributed by atoms with E-state index in [2.05, 4.69) is 135 Å². The van der Waals surface area contributed by atoms with Crippen LogP contribution in [0.2, 0.25) is 0 Å². The van der Waals surface area contributed by atoms with Gasteiger partial charge in [-0.1, -0.05) is 135 Å². The van der Waals surface area contributed by atoms with Crippen LogP contribution in [0.1, 0.15) is 33.3 Å². The number of hydrogen-bond acceptors (Lipinski definition) is 0. The SMILES string of the molecule is C/C=C\C(=C/C)c1ccccc1-c1c2ccccc2c(-c2ccccc2)c2ccccc12.CC. The van der Waals surface area contributed by atoms with Crippen molar-refractivity contribution in [1.82, 2.24) is 0 Å². The second-order valence-corrected chi connectivity index (χ2v) is 8.00. The summed E-state index contributed by atoms with van der Waals surface area (Å²) in [6.07, 6.45) is 6.50. The van der Waals surface area contributed by atoms with Crippen molar-refractivity contribution in [3.05, 3.63) is 127 Å². The van der Waals surface area contributed by atoms with Gasteiger partial charge in [-0.15, -0.1) is 0 Å². The number of benzene rings is 5. The topological polar surface area (TPSA) is 0 Å². The number of allylic oxidation sites excluding steroid dienone is 4. The van der Waals surface area contributed by atoms with E-state index in [1.807, 2.05) is 13.8 Å². The van der Waals surface area contributed by atoms with Crippen LogP contribution in [-0.2, 0) is 0 Å². The van der Waals surface area contributed by atoms with E-state index in [9.17, 15) is 0 Å². The highest BCUT2D eigenvalue weighted by Gasteiger charge is 2.18. The molecule has 0 aromatic heterocycles. The lowest BCUT2D eigenvalue weighted by molar-refractivity contribution is 1.50. The highest BCUT2D eigenvalue weighted by atomic mass is 14.2. The fourth-order valence-electron chi connectivity index (χ4n) is 4.81. The molecular weight excluding hydrogens is 408 g/mol. The van der Waals surface area contributed by atoms with Crippen LogP contribution in [-0.4, -0.2) is 0 Å². The Labute approximate surface area is 203 Å². The molecule has 168 valence electrons. The van der Waals surface area contributed by atoms with E-state index in [0.29, 0.717) is 0 Å². The van der Waals surface area contributed by atoms with Gasteiger partial charge in [0.2, 0.25) is 0 Å². The molecule has 0 heteroatoms. The maximum absolute atomic E-state index is 2.27. The summed E-state index contributed by atoms with van der Waals surface area (Å²) in [7, 11) is 0. The van der Waals surface area contributed by atoms with E-state index in [4.69, 9.17) is 0 Å². The number of hydrogen-bond donors (Lipinski definition) is 0. The molecule has 0 nitrogen and oxygen atoms in total. The van der Waals surface area contributed by atoms with E-state index in [1.165, 1.54) is 54.9 Å². The number of rotatable bonds is 4. The average Bonchev–Trinajstić information content (AvgIpc) is 2.92. The van der Waals surface area contributed by atoms with Gasteiger partial charge in [0.15, 0.2) is 0 Å². The maximum atomic E-state index is 2.27. The summed E-state index contributed by atoms with van der Waals surface area (Å²) in [6, 6.07) is 37.2. The van der Waals surface area contributed by atoms with Crippen LogP contribution in [0, 0.1) is 0 Å². The highest BCUT2D eigenvalue weighted by Crippen LogP contribution is 2.45. The molecule has 0 aliphatic carbocycles. The van der Waals surface area contributed by atoms with Crippen molar-refractivity contribution < 1.29 is 0 Å². The van der Waals surface area contributed by atoms with Crippen LogP contribution in [0.15, 0.2) is 121 Å². The second kappa shape index (κ2) is 10.8. The lowest BCUT2D eigenvalue weighted by Crippen LogP contribution is -1.93. The van der Waals surface area contributed by atoms with Crippen molar-refractivity contribution in [2.75, 3.05) is 0 Å². The third-order valence-electron chi connectivity index (χ3n) is 6.16. The molecule has 0 unspecified atom stereocenters. The Balaban J connectivity index is 0.00000133. The van der Waals surface area contributed by atoms with E-state index < -0.39 is 0 Å². The van der Waals surface area contributed by atoms with Crippen molar-refractivity contribution in [1.29, 1.82) is 0 Å². The second-order valence-electron chi connectivity index (χ2n) is 8.00. The third kappa shape index (κ3) is 4.20. The van der Waals surface area contributed by atoms with Crippen molar-refractivity contribution in [2.24, 2.45) is 0 Å². The molecule has 5 aromatic rings. The Kier molecular flexibility index (Phi) is 7.40. The van der Waals surface area contributed by atoms with E-state index in [0.717, 1.165) is 0 Å². The normalized spacial score (nSPS) is 11.6. The minimum Gasteiger partial charge on any atom is -0.0871 e. The summed E-state index contributed by atoms with van der Waals surface area (Å²) >= 11 is 0. The summed E-state index contributed by atoms with van der Waals surface area (Å²) in [5, 5.41) is 5.15. The predicted molar refractivity (Wildman–Crippen MR) is 152 cm³/mol. The van der Waals surface area contributed by atoms with Crippen molar-refractivity contribution in [2.45, 2.75) is 27.7 Å². The lowest BCUT2D eigenvalue weighted by atomic mass is 9.84. The smallest absolute Gasteiger partial charge is 0.00201 e. The van der Waals surface area contributed by atoms with Gasteiger partial charge in [-0.2, -0.15) is 0 Å². The van der Waals surface area contributed by atoms with Crippen LogP contribution >= 0.6 is 0 Å². The van der Waals surface area contributed by atoms with Crippen LogP contribution < -0.4 is 0 Å². The Morgan fingerprint density at radius 2 is 1.00 bits per heavy atom. The fourth-order valence-corrected chi connectivity index (χ4v) is 4.81. The first-order valence-corrected chi connectivity index (χ1v) is 12.2. The van der Waals surface area contributed by atoms with Crippen LogP contribution in [0.4, 0.5) is 0 Å². The molecule has 0 N–H and O–H groups in total. The van der Waals surface area contributed by atoms with Gasteiger partial charge in [-0.25, -0.2) is 0 Å². The standard InChI is InChI=1S/C32H26.C2H6/c1-3-14-23(4-2)25-17-8-9-18-26(25)32-29-21-12-10-19-27(29)31(24-15-6-5-7-16-24)28-20-11-13-22-30(28)32;1-2/h3-22H,1-2H3;1-2H3/b14-3-,23-4+;. The van der Waals surface area contributed by atoms with E-state index in [1.54, 1.807) is 0 Å². The van der Waals surface area contributed by atoms with Gasteiger partial charge in [0.1, 0.15) is 0 Å². The van der Waals surface area contributed by atoms with Crippen LogP contribution in [0.25, 0.3) is 49.4 Å². The molecule has 0 spiro atoms. The van der Waals surface area contributed by atoms with Gasteiger partial charge in [0.25, 0.3) is 0 Å². The van der Waals surface area contributed by atoms with Gasteiger partial charge in [0, 0.05) is 0 Å². The molecule has 0 heterocycles. The van der Waals surface area contributed by atoms with E-state index in [-0.39, 0.29) is 0 Å². The minimum absolute atomic E-state index is 1.24.